The van der Waals surface area contributed by atoms with Gasteiger partial charge in [0.1, 0.15) is 5.82 Å². The van der Waals surface area contributed by atoms with Crippen LogP contribution in [0.4, 0.5) is 10.1 Å². The predicted molar refractivity (Wildman–Crippen MR) is 81.1 cm³/mol. The van der Waals surface area contributed by atoms with E-state index in [1.165, 1.54) is 19.8 Å². The summed E-state index contributed by atoms with van der Waals surface area (Å²) in [5.74, 6) is -0.586. The molecule has 1 fully saturated rings. The Hall–Kier alpha value is -1.18. The molecule has 1 saturated carbocycles. The number of rotatable bonds is 6. The van der Waals surface area contributed by atoms with Crippen LogP contribution in [0.5, 0.6) is 0 Å². The summed E-state index contributed by atoms with van der Waals surface area (Å²) in [6, 6.07) is 1.74. The number of hydrogen-bond donors (Lipinski definition) is 2. The number of nitrogens with two attached hydrogens (primary N) is 1. The average Bonchev–Trinajstić information content (AvgIpc) is 3.19. The highest BCUT2D eigenvalue weighted by atomic mass is 32.2. The van der Waals surface area contributed by atoms with Crippen molar-refractivity contribution in [3.8, 4) is 0 Å². The van der Waals surface area contributed by atoms with Gasteiger partial charge in [-0.2, -0.15) is 0 Å². The standard InChI is InChI=1S/C14H22FN3O2S/c1-9-8-12(15)13(16)10(2)14(9)21(19,20)17-6-7-18(3)11-4-5-11/h8,11,17H,4-7,16H2,1-3H3. The first-order valence-electron chi connectivity index (χ1n) is 6.99. The van der Waals surface area contributed by atoms with Gasteiger partial charge in [-0.1, -0.05) is 0 Å². The average molecular weight is 315 g/mol. The van der Waals surface area contributed by atoms with Gasteiger partial charge in [0, 0.05) is 19.1 Å². The van der Waals surface area contributed by atoms with Crippen molar-refractivity contribution >= 4 is 15.7 Å². The molecule has 1 aliphatic rings. The van der Waals surface area contributed by atoms with Crippen LogP contribution in [0, 0.1) is 19.7 Å². The topological polar surface area (TPSA) is 75.4 Å². The minimum absolute atomic E-state index is 0.0791. The molecule has 5 nitrogen and oxygen atoms in total. The highest BCUT2D eigenvalue weighted by Crippen LogP contribution is 2.27. The molecule has 0 aliphatic heterocycles. The third-order valence-electron chi connectivity index (χ3n) is 3.90. The van der Waals surface area contributed by atoms with Crippen LogP contribution in [0.1, 0.15) is 24.0 Å². The molecule has 0 atom stereocenters. The summed E-state index contributed by atoms with van der Waals surface area (Å²) < 4.78 is 40.9. The second kappa shape index (κ2) is 5.90. The summed E-state index contributed by atoms with van der Waals surface area (Å²) >= 11 is 0. The lowest BCUT2D eigenvalue weighted by molar-refractivity contribution is 0.329. The second-order valence-corrected chi connectivity index (χ2v) is 7.36. The Morgan fingerprint density at radius 2 is 2.05 bits per heavy atom. The Morgan fingerprint density at radius 1 is 1.43 bits per heavy atom. The normalized spacial score (nSPS) is 15.7. The predicted octanol–water partition coefficient (Wildman–Crippen LogP) is 1.40. The van der Waals surface area contributed by atoms with Gasteiger partial charge in [-0.05, 0) is 50.9 Å². The van der Waals surface area contributed by atoms with Gasteiger partial charge in [-0.25, -0.2) is 17.5 Å². The summed E-state index contributed by atoms with van der Waals surface area (Å²) in [5.41, 5.74) is 6.11. The summed E-state index contributed by atoms with van der Waals surface area (Å²) in [6.07, 6.45) is 2.35. The van der Waals surface area contributed by atoms with Crippen molar-refractivity contribution < 1.29 is 12.8 Å². The first-order valence-corrected chi connectivity index (χ1v) is 8.47. The highest BCUT2D eigenvalue weighted by Gasteiger charge is 2.27. The van der Waals surface area contributed by atoms with Gasteiger partial charge >= 0.3 is 0 Å². The van der Waals surface area contributed by atoms with E-state index in [-0.39, 0.29) is 16.1 Å². The van der Waals surface area contributed by atoms with E-state index in [0.717, 1.165) is 6.07 Å². The van der Waals surface area contributed by atoms with Crippen molar-refractivity contribution in [1.29, 1.82) is 0 Å². The van der Waals surface area contributed by atoms with Gasteiger partial charge in [0.2, 0.25) is 10.0 Å². The van der Waals surface area contributed by atoms with E-state index in [9.17, 15) is 12.8 Å². The molecule has 1 aromatic carbocycles. The fraction of sp³-hybridized carbons (Fsp3) is 0.571. The van der Waals surface area contributed by atoms with Crippen LogP contribution in [0.2, 0.25) is 0 Å². The molecule has 1 aliphatic carbocycles. The van der Waals surface area contributed by atoms with Crippen molar-refractivity contribution in [3.63, 3.8) is 0 Å². The molecule has 0 amide bonds. The van der Waals surface area contributed by atoms with Gasteiger partial charge in [-0.15, -0.1) is 0 Å². The summed E-state index contributed by atoms with van der Waals surface area (Å²) in [7, 11) is -1.70. The molecular formula is C14H22FN3O2S. The first kappa shape index (κ1) is 16.2. The van der Waals surface area contributed by atoms with Crippen molar-refractivity contribution in [2.24, 2.45) is 0 Å². The fourth-order valence-corrected chi connectivity index (χ4v) is 3.97. The number of likely N-dealkylation sites (N-methyl/N-ethyl adjacent to an activating group) is 1. The van der Waals surface area contributed by atoms with Crippen LogP contribution in [-0.4, -0.2) is 39.5 Å². The zero-order valence-corrected chi connectivity index (χ0v) is 13.4. The van der Waals surface area contributed by atoms with Crippen molar-refractivity contribution in [1.82, 2.24) is 9.62 Å². The summed E-state index contributed by atoms with van der Waals surface area (Å²) in [5, 5.41) is 0. The van der Waals surface area contributed by atoms with Gasteiger partial charge in [0.05, 0.1) is 10.6 Å². The Balaban J connectivity index is 2.13. The summed E-state index contributed by atoms with van der Waals surface area (Å²) in [6.45, 7) is 4.07. The lowest BCUT2D eigenvalue weighted by atomic mass is 10.1. The third kappa shape index (κ3) is 3.53. The van der Waals surface area contributed by atoms with E-state index < -0.39 is 15.8 Å². The lowest BCUT2D eigenvalue weighted by Crippen LogP contribution is -2.34. The van der Waals surface area contributed by atoms with Crippen LogP contribution in [0.25, 0.3) is 0 Å². The number of halogens is 1. The smallest absolute Gasteiger partial charge is 0.241 e. The van der Waals surface area contributed by atoms with Crippen LogP contribution in [0.3, 0.4) is 0 Å². The SMILES string of the molecule is Cc1cc(F)c(N)c(C)c1S(=O)(=O)NCCN(C)C1CC1. The Kier molecular flexibility index (Phi) is 4.55. The molecule has 0 bridgehead atoms. The largest absolute Gasteiger partial charge is 0.396 e. The Labute approximate surface area is 125 Å². The monoisotopic (exact) mass is 315 g/mol. The van der Waals surface area contributed by atoms with Crippen LogP contribution < -0.4 is 10.5 Å². The van der Waals surface area contributed by atoms with Gasteiger partial charge in [0.25, 0.3) is 0 Å². The number of nitrogen functional groups attached to an aromatic ring is 1. The van der Waals surface area contributed by atoms with Crippen LogP contribution in [-0.2, 0) is 10.0 Å². The van der Waals surface area contributed by atoms with Gasteiger partial charge < -0.3 is 10.6 Å². The maximum atomic E-state index is 13.5. The van der Waals surface area contributed by atoms with E-state index in [1.54, 1.807) is 6.92 Å². The van der Waals surface area contributed by atoms with E-state index in [2.05, 4.69) is 9.62 Å². The number of nitrogens with zero attached hydrogens (tertiary/aromatic N) is 1. The Morgan fingerprint density at radius 3 is 2.62 bits per heavy atom. The molecule has 0 heterocycles. The van der Waals surface area contributed by atoms with Crippen molar-refractivity contribution in [2.45, 2.75) is 37.6 Å². The van der Waals surface area contributed by atoms with E-state index >= 15 is 0 Å². The first-order chi connectivity index (χ1) is 9.74. The lowest BCUT2D eigenvalue weighted by Gasteiger charge is -2.17. The number of nitrogens with one attached hydrogen (secondary N) is 1. The molecule has 7 heteroatoms. The molecule has 1 aromatic rings. The minimum Gasteiger partial charge on any atom is -0.396 e. The maximum absolute atomic E-state index is 13.5. The Bertz CT molecular complexity index is 642. The number of benzene rings is 1. The zero-order chi connectivity index (χ0) is 15.8. The molecule has 118 valence electrons. The second-order valence-electron chi connectivity index (χ2n) is 5.65. The third-order valence-corrected chi connectivity index (χ3v) is 5.65. The molecule has 2 rings (SSSR count). The molecule has 3 N–H and O–H groups in total. The molecule has 0 radical (unpaired) electrons. The van der Waals surface area contributed by atoms with Gasteiger partial charge in [0.15, 0.2) is 0 Å². The van der Waals surface area contributed by atoms with Crippen LogP contribution >= 0.6 is 0 Å². The quantitative estimate of drug-likeness (QED) is 0.778. The van der Waals surface area contributed by atoms with Gasteiger partial charge in [-0.3, -0.25) is 0 Å². The van der Waals surface area contributed by atoms with E-state index in [0.29, 0.717) is 24.7 Å². The van der Waals surface area contributed by atoms with Crippen LogP contribution in [0.15, 0.2) is 11.0 Å². The molecular weight excluding hydrogens is 293 g/mol. The van der Waals surface area contributed by atoms with E-state index in [4.69, 9.17) is 5.73 Å². The molecule has 0 unspecified atom stereocenters. The number of aryl methyl sites for hydroxylation is 1. The number of sulfonamides is 1. The number of anilines is 1. The van der Waals surface area contributed by atoms with E-state index in [1.807, 2.05) is 7.05 Å². The maximum Gasteiger partial charge on any atom is 0.241 e. The summed E-state index contributed by atoms with van der Waals surface area (Å²) in [4.78, 5) is 2.22. The number of hydrogen-bond acceptors (Lipinski definition) is 4. The highest BCUT2D eigenvalue weighted by molar-refractivity contribution is 7.89. The molecule has 0 saturated heterocycles. The fourth-order valence-electron chi connectivity index (χ4n) is 2.47. The molecule has 0 spiro atoms. The molecule has 21 heavy (non-hydrogen) atoms. The van der Waals surface area contributed by atoms with Crippen molar-refractivity contribution in [3.05, 3.63) is 23.0 Å². The zero-order valence-electron chi connectivity index (χ0n) is 12.6. The minimum atomic E-state index is -3.69. The van der Waals surface area contributed by atoms with Crippen molar-refractivity contribution in [2.75, 3.05) is 25.9 Å². The molecule has 0 aromatic heterocycles.